The van der Waals surface area contributed by atoms with E-state index in [0.717, 1.165) is 12.1 Å². The van der Waals surface area contributed by atoms with Gasteiger partial charge in [-0.1, -0.05) is 30.3 Å². The lowest BCUT2D eigenvalue weighted by Crippen LogP contribution is -2.64. The summed E-state index contributed by atoms with van der Waals surface area (Å²) in [5.74, 6) is -0.0318. The molecule has 1 aliphatic heterocycles. The summed E-state index contributed by atoms with van der Waals surface area (Å²) in [4.78, 5) is 12.8. The Morgan fingerprint density at radius 3 is 2.48 bits per heavy atom. The number of hydrogen-bond acceptors (Lipinski definition) is 5. The lowest BCUT2D eigenvalue weighted by Gasteiger charge is -2.36. The lowest BCUT2D eigenvalue weighted by atomic mass is 9.93. The van der Waals surface area contributed by atoms with Crippen LogP contribution in [0, 0.1) is 5.82 Å². The molecule has 0 amide bonds. The van der Waals surface area contributed by atoms with E-state index in [9.17, 15) is 9.18 Å². The van der Waals surface area contributed by atoms with Crippen LogP contribution < -0.4 is 15.4 Å². The molecule has 7 heteroatoms. The van der Waals surface area contributed by atoms with Crippen LogP contribution in [-0.4, -0.2) is 37.7 Å². The number of esters is 1. The quantitative estimate of drug-likeness (QED) is 0.707. The summed E-state index contributed by atoms with van der Waals surface area (Å²) in [6, 6.07) is 15.4. The first-order valence-corrected chi connectivity index (χ1v) is 8.73. The summed E-state index contributed by atoms with van der Waals surface area (Å²) in [5.41, 5.74) is 0.120. The Balaban J connectivity index is 0.00000261. The van der Waals surface area contributed by atoms with Gasteiger partial charge in [0, 0.05) is 26.1 Å². The first kappa shape index (κ1) is 21.2. The summed E-state index contributed by atoms with van der Waals surface area (Å²) >= 11 is 0. The molecule has 3 rings (SSSR count). The zero-order chi connectivity index (χ0) is 18.2. The van der Waals surface area contributed by atoms with Crippen LogP contribution in [0.3, 0.4) is 0 Å². The van der Waals surface area contributed by atoms with Gasteiger partial charge >= 0.3 is 5.97 Å². The summed E-state index contributed by atoms with van der Waals surface area (Å²) in [7, 11) is 0. The van der Waals surface area contributed by atoms with Crippen LogP contribution in [0.2, 0.25) is 0 Å². The van der Waals surface area contributed by atoms with Crippen LogP contribution >= 0.6 is 12.4 Å². The average Bonchev–Trinajstić information content (AvgIpc) is 2.69. The van der Waals surface area contributed by atoms with Crippen LogP contribution in [0.1, 0.15) is 12.0 Å². The summed E-state index contributed by atoms with van der Waals surface area (Å²) < 4.78 is 24.2. The van der Waals surface area contributed by atoms with Crippen molar-refractivity contribution in [3.05, 3.63) is 66.0 Å². The molecule has 1 saturated heterocycles. The SMILES string of the molecule is Cl.O=C(OCc1ccccc1)[C@@]1(CCOc2ccc(F)cc2)CNCCN1. The average molecular weight is 395 g/mol. The van der Waals surface area contributed by atoms with Crippen molar-refractivity contribution >= 4 is 18.4 Å². The minimum Gasteiger partial charge on any atom is -0.494 e. The number of benzene rings is 2. The van der Waals surface area contributed by atoms with Crippen molar-refractivity contribution in [1.29, 1.82) is 0 Å². The monoisotopic (exact) mass is 394 g/mol. The molecule has 0 aromatic heterocycles. The van der Waals surface area contributed by atoms with Gasteiger partial charge in [0.25, 0.3) is 0 Å². The number of hydrogen-bond donors (Lipinski definition) is 2. The molecule has 0 radical (unpaired) electrons. The maximum absolute atomic E-state index is 13.0. The van der Waals surface area contributed by atoms with Crippen LogP contribution in [0.4, 0.5) is 4.39 Å². The van der Waals surface area contributed by atoms with Crippen molar-refractivity contribution in [2.45, 2.75) is 18.6 Å². The van der Waals surface area contributed by atoms with Crippen molar-refractivity contribution in [2.24, 2.45) is 0 Å². The summed E-state index contributed by atoms with van der Waals surface area (Å²) in [5, 5.41) is 6.53. The van der Waals surface area contributed by atoms with Crippen molar-refractivity contribution in [3.8, 4) is 5.75 Å². The Morgan fingerprint density at radius 1 is 1.07 bits per heavy atom. The Hall–Kier alpha value is -2.15. The van der Waals surface area contributed by atoms with E-state index in [0.29, 0.717) is 31.9 Å². The van der Waals surface area contributed by atoms with E-state index in [4.69, 9.17) is 9.47 Å². The van der Waals surface area contributed by atoms with Gasteiger partial charge in [-0.2, -0.15) is 0 Å². The minimum atomic E-state index is -0.826. The van der Waals surface area contributed by atoms with Gasteiger partial charge in [-0.3, -0.25) is 5.32 Å². The van der Waals surface area contributed by atoms with Crippen LogP contribution in [0.15, 0.2) is 54.6 Å². The van der Waals surface area contributed by atoms with E-state index >= 15 is 0 Å². The van der Waals surface area contributed by atoms with Gasteiger partial charge in [0.1, 0.15) is 23.7 Å². The van der Waals surface area contributed by atoms with E-state index in [-0.39, 0.29) is 30.8 Å². The highest BCUT2D eigenvalue weighted by atomic mass is 35.5. The molecule has 27 heavy (non-hydrogen) atoms. The van der Waals surface area contributed by atoms with E-state index in [1.807, 2.05) is 30.3 Å². The molecule has 2 aromatic rings. The number of ether oxygens (including phenoxy) is 2. The Labute approximate surface area is 164 Å². The third kappa shape index (κ3) is 5.92. The zero-order valence-corrected chi connectivity index (χ0v) is 15.8. The lowest BCUT2D eigenvalue weighted by molar-refractivity contribution is -0.154. The van der Waals surface area contributed by atoms with Crippen molar-refractivity contribution in [1.82, 2.24) is 10.6 Å². The molecule has 146 valence electrons. The fourth-order valence-corrected chi connectivity index (χ4v) is 2.91. The molecule has 5 nitrogen and oxygen atoms in total. The van der Waals surface area contributed by atoms with Gasteiger partial charge in [0.2, 0.25) is 0 Å². The fourth-order valence-electron chi connectivity index (χ4n) is 2.91. The predicted octanol–water partition coefficient (Wildman–Crippen LogP) is 2.69. The molecule has 2 N–H and O–H groups in total. The Bertz CT molecular complexity index is 707. The third-order valence-electron chi connectivity index (χ3n) is 4.41. The maximum atomic E-state index is 13.0. The van der Waals surface area contributed by atoms with Crippen LogP contribution in [0.5, 0.6) is 5.75 Å². The molecule has 0 aliphatic carbocycles. The highest BCUT2D eigenvalue weighted by molar-refractivity contribution is 5.85. The number of halogens is 2. The van der Waals surface area contributed by atoms with Gasteiger partial charge in [-0.05, 0) is 29.8 Å². The first-order valence-electron chi connectivity index (χ1n) is 8.73. The molecule has 0 spiro atoms. The molecule has 1 atom stereocenters. The van der Waals surface area contributed by atoms with E-state index in [2.05, 4.69) is 10.6 Å². The van der Waals surface area contributed by atoms with E-state index in [1.165, 1.54) is 12.1 Å². The molecule has 1 heterocycles. The summed E-state index contributed by atoms with van der Waals surface area (Å²) in [6.45, 7) is 2.51. The molecule has 0 bridgehead atoms. The maximum Gasteiger partial charge on any atom is 0.328 e. The molecular formula is C20H24ClFN2O3. The van der Waals surface area contributed by atoms with Gasteiger partial charge in [-0.15, -0.1) is 12.4 Å². The highest BCUT2D eigenvalue weighted by Crippen LogP contribution is 2.18. The topological polar surface area (TPSA) is 59.6 Å². The molecule has 2 aromatic carbocycles. The normalized spacial score (nSPS) is 19.0. The number of piperazine rings is 1. The minimum absolute atomic E-state index is 0. The second-order valence-electron chi connectivity index (χ2n) is 6.30. The highest BCUT2D eigenvalue weighted by Gasteiger charge is 2.41. The van der Waals surface area contributed by atoms with Crippen molar-refractivity contribution in [3.63, 3.8) is 0 Å². The second kappa shape index (κ2) is 10.3. The number of carbonyl (C=O) groups is 1. The number of nitrogens with one attached hydrogen (secondary N) is 2. The summed E-state index contributed by atoms with van der Waals surface area (Å²) in [6.07, 6.45) is 0.449. The fraction of sp³-hybridized carbons (Fsp3) is 0.350. The van der Waals surface area contributed by atoms with Crippen molar-refractivity contribution < 1.29 is 18.7 Å². The second-order valence-corrected chi connectivity index (χ2v) is 6.30. The van der Waals surface area contributed by atoms with E-state index in [1.54, 1.807) is 12.1 Å². The van der Waals surface area contributed by atoms with Crippen LogP contribution in [0.25, 0.3) is 0 Å². The number of carbonyl (C=O) groups excluding carboxylic acids is 1. The standard InChI is InChI=1S/C20H23FN2O3.ClH/c21-17-6-8-18(9-7-17)25-13-10-20(15-22-11-12-23-20)19(24)26-14-16-4-2-1-3-5-16;/h1-9,22-23H,10-15H2;1H/t20-;/m1./s1. The van der Waals surface area contributed by atoms with Crippen LogP contribution in [-0.2, 0) is 16.1 Å². The predicted molar refractivity (Wildman–Crippen MR) is 104 cm³/mol. The molecule has 0 saturated carbocycles. The first-order chi connectivity index (χ1) is 12.7. The van der Waals surface area contributed by atoms with Gasteiger partial charge in [-0.25, -0.2) is 9.18 Å². The smallest absolute Gasteiger partial charge is 0.328 e. The van der Waals surface area contributed by atoms with Crippen molar-refractivity contribution in [2.75, 3.05) is 26.2 Å². The third-order valence-corrected chi connectivity index (χ3v) is 4.41. The Morgan fingerprint density at radius 2 is 1.81 bits per heavy atom. The largest absolute Gasteiger partial charge is 0.494 e. The molecule has 1 aliphatic rings. The molecule has 0 unspecified atom stereocenters. The zero-order valence-electron chi connectivity index (χ0n) is 14.9. The Kier molecular flexibility index (Phi) is 8.03. The van der Waals surface area contributed by atoms with Gasteiger partial charge < -0.3 is 14.8 Å². The van der Waals surface area contributed by atoms with E-state index < -0.39 is 5.54 Å². The molecular weight excluding hydrogens is 371 g/mol. The van der Waals surface area contributed by atoms with Gasteiger partial charge in [0.05, 0.1) is 6.61 Å². The number of rotatable bonds is 7. The molecule has 1 fully saturated rings. The van der Waals surface area contributed by atoms with Gasteiger partial charge in [0.15, 0.2) is 0 Å².